The molecule has 2 rings (SSSR count). The number of aryl methyl sites for hydroxylation is 2. The van der Waals surface area contributed by atoms with Gasteiger partial charge in [-0.15, -0.1) is 0 Å². The summed E-state index contributed by atoms with van der Waals surface area (Å²) in [6, 6.07) is 9.23. The maximum Gasteiger partial charge on any atom is 0.442 e. The monoisotopic (exact) mass is 326 g/mol. The summed E-state index contributed by atoms with van der Waals surface area (Å²) in [4.78, 5) is 10.2. The molecule has 0 aliphatic heterocycles. The number of rotatable bonds is 4. The van der Waals surface area contributed by atoms with E-state index in [1.165, 1.54) is 18.2 Å². The Morgan fingerprint density at radius 3 is 2.24 bits per heavy atom. The van der Waals surface area contributed by atoms with Crippen LogP contribution in [0, 0.1) is 13.8 Å². The fraction of sp³-hybridized carbons (Fsp3) is 0.143. The van der Waals surface area contributed by atoms with Crippen molar-refractivity contribution in [2.24, 2.45) is 0 Å². The van der Waals surface area contributed by atoms with Crippen LogP contribution in [0.4, 0.5) is 0 Å². The molecule has 5 nitrogen and oxygen atoms in total. The molecule has 21 heavy (non-hydrogen) atoms. The van der Waals surface area contributed by atoms with Crippen LogP contribution < -0.4 is 4.52 Å². The Bertz CT molecular complexity index is 659. The summed E-state index contributed by atoms with van der Waals surface area (Å²) in [5.41, 5.74) is 1.62. The molecule has 0 aliphatic carbocycles. The molecule has 0 heterocycles. The molecule has 1 unspecified atom stereocenters. The molecule has 0 bridgehead atoms. The van der Waals surface area contributed by atoms with Gasteiger partial charge in [-0.05, 0) is 49.2 Å². The van der Waals surface area contributed by atoms with E-state index in [9.17, 15) is 19.7 Å². The fourth-order valence-electron chi connectivity index (χ4n) is 1.66. The molecule has 0 fully saturated rings. The molecule has 2 aromatic carbocycles. The maximum absolute atomic E-state index is 12.2. The molecule has 112 valence electrons. The minimum absolute atomic E-state index is 0.0690. The molecule has 0 spiro atoms. The summed E-state index contributed by atoms with van der Waals surface area (Å²) in [6.07, 6.45) is 0. The van der Waals surface area contributed by atoms with E-state index in [4.69, 9.17) is 4.52 Å². The average molecular weight is 326 g/mol. The normalized spacial score (nSPS) is 13.7. The number of aromatic hydroxyl groups is 2. The van der Waals surface area contributed by atoms with Gasteiger partial charge in [0.2, 0.25) is 0 Å². The minimum Gasteiger partial charge on any atom is -0.507 e. The van der Waals surface area contributed by atoms with Gasteiger partial charge in [0, 0.05) is 11.4 Å². The van der Waals surface area contributed by atoms with Crippen molar-refractivity contribution in [1.29, 1.82) is 0 Å². The number of phenols is 2. The van der Waals surface area contributed by atoms with Gasteiger partial charge in [0.1, 0.15) is 5.75 Å². The van der Waals surface area contributed by atoms with Crippen LogP contribution in [-0.4, -0.2) is 15.1 Å². The number of phenolic OH excluding ortho intramolecular Hbond substituents is 2. The Balaban J connectivity index is 2.24. The zero-order chi connectivity index (χ0) is 15.6. The Morgan fingerprint density at radius 2 is 1.57 bits per heavy atom. The lowest BCUT2D eigenvalue weighted by atomic mass is 10.2. The van der Waals surface area contributed by atoms with Crippen molar-refractivity contribution in [3.05, 3.63) is 47.5 Å². The fourth-order valence-corrected chi connectivity index (χ4v) is 4.27. The molecule has 0 saturated heterocycles. The summed E-state index contributed by atoms with van der Waals surface area (Å²) in [7, 11) is 0. The average Bonchev–Trinajstić information content (AvgIpc) is 2.37. The molecule has 0 aromatic heterocycles. The third kappa shape index (κ3) is 4.17. The van der Waals surface area contributed by atoms with E-state index >= 15 is 0 Å². The van der Waals surface area contributed by atoms with Crippen molar-refractivity contribution in [3.63, 3.8) is 0 Å². The zero-order valence-electron chi connectivity index (χ0n) is 11.5. The predicted molar refractivity (Wildman–Crippen MR) is 82.0 cm³/mol. The van der Waals surface area contributed by atoms with Crippen molar-refractivity contribution in [3.8, 4) is 17.2 Å². The summed E-state index contributed by atoms with van der Waals surface area (Å²) < 4.78 is 17.2. The predicted octanol–water partition coefficient (Wildman–Crippen LogP) is 3.99. The van der Waals surface area contributed by atoms with Crippen LogP contribution in [0.2, 0.25) is 0 Å². The summed E-state index contributed by atoms with van der Waals surface area (Å²) in [5.74, 6) is -0.388. The van der Waals surface area contributed by atoms with Gasteiger partial charge in [0.25, 0.3) is 0 Å². The highest BCUT2D eigenvalue weighted by Crippen LogP contribution is 2.61. The first-order valence-electron chi connectivity index (χ1n) is 6.08. The van der Waals surface area contributed by atoms with E-state index in [1.54, 1.807) is 32.0 Å². The second-order valence-electron chi connectivity index (χ2n) is 4.59. The van der Waals surface area contributed by atoms with Crippen LogP contribution in [0.5, 0.6) is 17.2 Å². The summed E-state index contributed by atoms with van der Waals surface area (Å²) in [6.45, 7) is -0.557. The van der Waals surface area contributed by atoms with Gasteiger partial charge in [-0.2, -0.15) is 0 Å². The molecular formula is C14H15O5PS. The second kappa shape index (κ2) is 6.02. The molecule has 2 aromatic rings. The standard InChI is InChI=1S/C14H15O5PS/c1-9-3-5-11(15)13(7-9)19-20(17,18)21-14-8-10(2)4-6-12(14)16/h3-8,15-16H,1-2H3,(H,17,18). The first kappa shape index (κ1) is 15.8. The van der Waals surface area contributed by atoms with Crippen LogP contribution in [-0.2, 0) is 4.57 Å². The van der Waals surface area contributed by atoms with Crippen LogP contribution in [0.15, 0.2) is 41.3 Å². The SMILES string of the molecule is Cc1ccc(O)c(OP(=O)(O)Sc2cc(C)ccc2O)c1. The van der Waals surface area contributed by atoms with Crippen molar-refractivity contribution >= 4 is 18.2 Å². The van der Waals surface area contributed by atoms with Gasteiger partial charge >= 0.3 is 6.80 Å². The highest BCUT2D eigenvalue weighted by molar-refractivity contribution is 8.55. The zero-order valence-corrected chi connectivity index (χ0v) is 13.2. The first-order valence-corrected chi connectivity index (χ1v) is 9.08. The Morgan fingerprint density at radius 1 is 1.00 bits per heavy atom. The van der Waals surface area contributed by atoms with Crippen LogP contribution in [0.25, 0.3) is 0 Å². The Labute approximate surface area is 126 Å². The van der Waals surface area contributed by atoms with Crippen LogP contribution in [0.3, 0.4) is 0 Å². The molecule has 0 radical (unpaired) electrons. The number of benzene rings is 2. The molecule has 1 atom stereocenters. The highest BCUT2D eigenvalue weighted by atomic mass is 32.7. The third-order valence-electron chi connectivity index (χ3n) is 2.66. The van der Waals surface area contributed by atoms with Crippen LogP contribution in [0.1, 0.15) is 11.1 Å². The molecule has 0 amide bonds. The molecule has 7 heteroatoms. The lowest BCUT2D eigenvalue weighted by molar-refractivity contribution is 0.383. The van der Waals surface area contributed by atoms with Gasteiger partial charge in [-0.1, -0.05) is 12.1 Å². The van der Waals surface area contributed by atoms with Gasteiger partial charge in [0.05, 0.1) is 4.90 Å². The van der Waals surface area contributed by atoms with Gasteiger partial charge in [-0.25, -0.2) is 4.57 Å². The lowest BCUT2D eigenvalue weighted by Gasteiger charge is -2.14. The molecule has 3 N–H and O–H groups in total. The quantitative estimate of drug-likeness (QED) is 0.737. The topological polar surface area (TPSA) is 87.0 Å². The van der Waals surface area contributed by atoms with Gasteiger partial charge in [-0.3, -0.25) is 0 Å². The highest BCUT2D eigenvalue weighted by Gasteiger charge is 2.26. The largest absolute Gasteiger partial charge is 0.507 e. The smallest absolute Gasteiger partial charge is 0.442 e. The lowest BCUT2D eigenvalue weighted by Crippen LogP contribution is -1.90. The van der Waals surface area contributed by atoms with Gasteiger partial charge in [0.15, 0.2) is 11.5 Å². The van der Waals surface area contributed by atoms with Crippen LogP contribution >= 0.6 is 18.2 Å². The van der Waals surface area contributed by atoms with E-state index < -0.39 is 6.80 Å². The minimum atomic E-state index is -4.13. The molecular weight excluding hydrogens is 311 g/mol. The van der Waals surface area contributed by atoms with Crippen molar-refractivity contribution < 1.29 is 24.2 Å². The third-order valence-corrected chi connectivity index (χ3v) is 5.35. The van der Waals surface area contributed by atoms with E-state index in [-0.39, 0.29) is 22.1 Å². The Kier molecular flexibility index (Phi) is 4.52. The van der Waals surface area contributed by atoms with E-state index in [0.29, 0.717) is 11.4 Å². The number of hydrogen-bond acceptors (Lipinski definition) is 5. The summed E-state index contributed by atoms with van der Waals surface area (Å²) in [5, 5.41) is 19.4. The van der Waals surface area contributed by atoms with Gasteiger partial charge < -0.3 is 19.6 Å². The van der Waals surface area contributed by atoms with Crippen molar-refractivity contribution in [1.82, 2.24) is 0 Å². The maximum atomic E-state index is 12.2. The second-order valence-corrected chi connectivity index (χ2v) is 8.27. The van der Waals surface area contributed by atoms with E-state index in [1.807, 2.05) is 0 Å². The Hall–Kier alpha value is -1.62. The van der Waals surface area contributed by atoms with E-state index in [2.05, 4.69) is 0 Å². The molecule has 0 saturated carbocycles. The summed E-state index contributed by atoms with van der Waals surface area (Å²) >= 11 is 0.524. The van der Waals surface area contributed by atoms with Crippen molar-refractivity contribution in [2.75, 3.05) is 0 Å². The first-order chi connectivity index (χ1) is 9.77. The molecule has 0 aliphatic rings. The van der Waals surface area contributed by atoms with Crippen molar-refractivity contribution in [2.45, 2.75) is 18.7 Å². The number of hydrogen-bond donors (Lipinski definition) is 3. The van der Waals surface area contributed by atoms with E-state index in [0.717, 1.165) is 11.1 Å².